The standard InChI is InChI=1S/C18H28N4O3S/c1-19(2)26(24,25)22-10-6-7-16(15-22)18(23)21-13-11-20(12-14-21)17-8-4-3-5-9-17/h3-5,8-9,16H,6-7,10-15H2,1-2H3/t16-/m1/s1. The Morgan fingerprint density at radius 3 is 2.31 bits per heavy atom. The summed E-state index contributed by atoms with van der Waals surface area (Å²) in [5, 5.41) is 0. The molecular formula is C18H28N4O3S. The Labute approximate surface area is 156 Å². The highest BCUT2D eigenvalue weighted by molar-refractivity contribution is 7.86. The second kappa shape index (κ2) is 7.94. The number of carbonyl (C=O) groups excluding carboxylic acids is 1. The molecule has 1 amide bonds. The van der Waals surface area contributed by atoms with Crippen LogP contribution < -0.4 is 4.90 Å². The van der Waals surface area contributed by atoms with E-state index in [2.05, 4.69) is 17.0 Å². The van der Waals surface area contributed by atoms with Crippen LogP contribution in [0.2, 0.25) is 0 Å². The van der Waals surface area contributed by atoms with Gasteiger partial charge >= 0.3 is 0 Å². The third-order valence-corrected chi connectivity index (χ3v) is 7.14. The van der Waals surface area contributed by atoms with Crippen LogP contribution in [0.3, 0.4) is 0 Å². The van der Waals surface area contributed by atoms with Gasteiger partial charge in [-0.25, -0.2) is 0 Å². The van der Waals surface area contributed by atoms with Crippen LogP contribution in [0.1, 0.15) is 12.8 Å². The Kier molecular flexibility index (Phi) is 5.84. The highest BCUT2D eigenvalue weighted by Crippen LogP contribution is 2.23. The summed E-state index contributed by atoms with van der Waals surface area (Å²) in [6, 6.07) is 10.2. The number of piperazine rings is 1. The van der Waals surface area contributed by atoms with Crippen LogP contribution in [0.4, 0.5) is 5.69 Å². The van der Waals surface area contributed by atoms with E-state index >= 15 is 0 Å². The van der Waals surface area contributed by atoms with Gasteiger partial charge in [0.1, 0.15) is 0 Å². The second-order valence-electron chi connectivity index (χ2n) is 7.14. The van der Waals surface area contributed by atoms with E-state index in [1.807, 2.05) is 23.1 Å². The number of anilines is 1. The summed E-state index contributed by atoms with van der Waals surface area (Å²) in [5.74, 6) is -0.141. The van der Waals surface area contributed by atoms with Gasteiger partial charge in [0.2, 0.25) is 5.91 Å². The lowest BCUT2D eigenvalue weighted by molar-refractivity contribution is -0.137. The van der Waals surface area contributed by atoms with Crippen molar-refractivity contribution in [2.75, 3.05) is 58.3 Å². The van der Waals surface area contributed by atoms with Gasteiger partial charge in [-0.05, 0) is 25.0 Å². The SMILES string of the molecule is CN(C)S(=O)(=O)N1CCC[C@@H](C(=O)N2CCN(c3ccccc3)CC2)C1. The number of hydrogen-bond acceptors (Lipinski definition) is 4. The van der Waals surface area contributed by atoms with Gasteiger partial charge in [0.15, 0.2) is 0 Å². The third kappa shape index (κ3) is 4.02. The third-order valence-electron chi connectivity index (χ3n) is 5.23. The maximum atomic E-state index is 12.9. The minimum Gasteiger partial charge on any atom is -0.368 e. The Balaban J connectivity index is 1.58. The molecule has 0 radical (unpaired) electrons. The first-order valence-electron chi connectivity index (χ1n) is 9.16. The number of amides is 1. The number of rotatable bonds is 4. The van der Waals surface area contributed by atoms with E-state index in [-0.39, 0.29) is 18.4 Å². The summed E-state index contributed by atoms with van der Waals surface area (Å²) >= 11 is 0. The summed E-state index contributed by atoms with van der Waals surface area (Å²) in [6.07, 6.45) is 1.49. The summed E-state index contributed by atoms with van der Waals surface area (Å²) < 4.78 is 27.4. The molecule has 0 aliphatic carbocycles. The van der Waals surface area contributed by atoms with E-state index in [1.165, 1.54) is 28.4 Å². The number of benzene rings is 1. The smallest absolute Gasteiger partial charge is 0.281 e. The van der Waals surface area contributed by atoms with Crippen LogP contribution in [0, 0.1) is 5.92 Å². The van der Waals surface area contributed by atoms with Crippen molar-refractivity contribution in [3.63, 3.8) is 0 Å². The monoisotopic (exact) mass is 380 g/mol. The molecule has 26 heavy (non-hydrogen) atoms. The molecule has 2 fully saturated rings. The maximum Gasteiger partial charge on any atom is 0.281 e. The summed E-state index contributed by atoms with van der Waals surface area (Å²) in [4.78, 5) is 17.1. The van der Waals surface area contributed by atoms with Crippen molar-refractivity contribution >= 4 is 21.8 Å². The van der Waals surface area contributed by atoms with Crippen molar-refractivity contribution < 1.29 is 13.2 Å². The molecule has 2 aliphatic rings. The highest BCUT2D eigenvalue weighted by atomic mass is 32.2. The van der Waals surface area contributed by atoms with Gasteiger partial charge in [-0.1, -0.05) is 18.2 Å². The minimum absolute atomic E-state index is 0.0939. The molecule has 0 unspecified atom stereocenters. The molecule has 1 atom stereocenters. The van der Waals surface area contributed by atoms with E-state index < -0.39 is 10.2 Å². The van der Waals surface area contributed by atoms with Crippen LogP contribution in [-0.4, -0.2) is 81.2 Å². The molecule has 0 aromatic heterocycles. The van der Waals surface area contributed by atoms with Crippen molar-refractivity contribution in [2.45, 2.75) is 12.8 Å². The van der Waals surface area contributed by atoms with Gasteiger partial charge in [-0.3, -0.25) is 4.79 Å². The lowest BCUT2D eigenvalue weighted by Gasteiger charge is -2.39. The number of carbonyl (C=O) groups is 1. The molecule has 8 heteroatoms. The molecule has 1 aromatic rings. The topological polar surface area (TPSA) is 64.2 Å². The van der Waals surface area contributed by atoms with Crippen molar-refractivity contribution in [3.05, 3.63) is 30.3 Å². The van der Waals surface area contributed by atoms with E-state index in [1.54, 1.807) is 0 Å². The number of nitrogens with zero attached hydrogens (tertiary/aromatic N) is 4. The molecule has 0 N–H and O–H groups in total. The fourth-order valence-electron chi connectivity index (χ4n) is 3.67. The first-order chi connectivity index (χ1) is 12.4. The summed E-state index contributed by atoms with van der Waals surface area (Å²) in [6.45, 7) is 3.77. The second-order valence-corrected chi connectivity index (χ2v) is 9.28. The molecule has 3 rings (SSSR count). The predicted octanol–water partition coefficient (Wildman–Crippen LogP) is 0.854. The van der Waals surface area contributed by atoms with Crippen LogP contribution >= 0.6 is 0 Å². The molecule has 2 aliphatic heterocycles. The molecule has 144 valence electrons. The number of hydrogen-bond donors (Lipinski definition) is 0. The molecular weight excluding hydrogens is 352 g/mol. The zero-order chi connectivity index (χ0) is 18.7. The van der Waals surface area contributed by atoms with Gasteiger partial charge in [-0.15, -0.1) is 0 Å². The molecule has 1 aromatic carbocycles. The molecule has 0 bridgehead atoms. The fourth-order valence-corrected chi connectivity index (χ4v) is 4.86. The molecule has 7 nitrogen and oxygen atoms in total. The van der Waals surface area contributed by atoms with Gasteiger partial charge < -0.3 is 9.80 Å². The predicted molar refractivity (Wildman–Crippen MR) is 102 cm³/mol. The number of piperidine rings is 1. The van der Waals surface area contributed by atoms with E-state index in [0.29, 0.717) is 19.6 Å². The lowest BCUT2D eigenvalue weighted by Crippen LogP contribution is -2.54. The summed E-state index contributed by atoms with van der Waals surface area (Å²) in [7, 11) is -0.392. The molecule has 0 saturated carbocycles. The van der Waals surface area contributed by atoms with Crippen molar-refractivity contribution in [3.8, 4) is 0 Å². The van der Waals surface area contributed by atoms with Crippen molar-refractivity contribution in [1.82, 2.24) is 13.5 Å². The van der Waals surface area contributed by atoms with Gasteiger partial charge in [0, 0.05) is 59.1 Å². The van der Waals surface area contributed by atoms with Crippen LogP contribution in [-0.2, 0) is 15.0 Å². The van der Waals surface area contributed by atoms with Gasteiger partial charge in [-0.2, -0.15) is 17.0 Å². The molecule has 2 saturated heterocycles. The molecule has 0 spiro atoms. The lowest BCUT2D eigenvalue weighted by atomic mass is 9.97. The van der Waals surface area contributed by atoms with E-state index in [0.717, 1.165) is 25.9 Å². The zero-order valence-corrected chi connectivity index (χ0v) is 16.4. The Morgan fingerprint density at radius 2 is 1.69 bits per heavy atom. The quantitative estimate of drug-likeness (QED) is 0.777. The van der Waals surface area contributed by atoms with Gasteiger partial charge in [0.25, 0.3) is 10.2 Å². The van der Waals surface area contributed by atoms with E-state index in [4.69, 9.17) is 0 Å². The average Bonchev–Trinajstić information content (AvgIpc) is 2.68. The fraction of sp³-hybridized carbons (Fsp3) is 0.611. The van der Waals surface area contributed by atoms with Crippen LogP contribution in [0.15, 0.2) is 30.3 Å². The summed E-state index contributed by atoms with van der Waals surface area (Å²) in [5.41, 5.74) is 1.18. The normalized spacial score (nSPS) is 22.7. The average molecular weight is 381 g/mol. The number of para-hydroxylation sites is 1. The first-order valence-corrected chi connectivity index (χ1v) is 10.6. The maximum absolute atomic E-state index is 12.9. The minimum atomic E-state index is -3.45. The van der Waals surface area contributed by atoms with Crippen molar-refractivity contribution in [2.24, 2.45) is 5.92 Å². The van der Waals surface area contributed by atoms with Gasteiger partial charge in [0.05, 0.1) is 5.92 Å². The Hall–Kier alpha value is -1.64. The zero-order valence-electron chi connectivity index (χ0n) is 15.5. The Morgan fingerprint density at radius 1 is 1.04 bits per heavy atom. The van der Waals surface area contributed by atoms with E-state index in [9.17, 15) is 13.2 Å². The first kappa shape index (κ1) is 19.1. The van der Waals surface area contributed by atoms with Crippen LogP contribution in [0.25, 0.3) is 0 Å². The molecule has 2 heterocycles. The van der Waals surface area contributed by atoms with Crippen molar-refractivity contribution in [1.29, 1.82) is 0 Å². The largest absolute Gasteiger partial charge is 0.368 e. The Bertz CT molecular complexity index is 715. The highest BCUT2D eigenvalue weighted by Gasteiger charge is 2.35. The van der Waals surface area contributed by atoms with Crippen LogP contribution in [0.5, 0.6) is 0 Å².